The lowest BCUT2D eigenvalue weighted by Crippen LogP contribution is -2.17. The molecule has 0 bridgehead atoms. The second kappa shape index (κ2) is 7.16. The van der Waals surface area contributed by atoms with Crippen LogP contribution >= 0.6 is 0 Å². The van der Waals surface area contributed by atoms with E-state index in [-0.39, 0.29) is 6.10 Å². The van der Waals surface area contributed by atoms with Gasteiger partial charge in [0, 0.05) is 6.42 Å². The summed E-state index contributed by atoms with van der Waals surface area (Å²) in [7, 11) is 0. The third-order valence-corrected chi connectivity index (χ3v) is 2.77. The van der Waals surface area contributed by atoms with Crippen LogP contribution in [-0.4, -0.2) is 16.1 Å². The Morgan fingerprint density at radius 2 is 2.00 bits per heavy atom. The molecule has 18 heavy (non-hydrogen) atoms. The Bertz CT molecular complexity index is 381. The minimum Gasteiger partial charge on any atom is -0.474 e. The highest BCUT2D eigenvalue weighted by Crippen LogP contribution is 2.23. The summed E-state index contributed by atoms with van der Waals surface area (Å²) in [6.07, 6.45) is 4.08. The van der Waals surface area contributed by atoms with Crippen LogP contribution < -0.4 is 16.0 Å². The van der Waals surface area contributed by atoms with Crippen molar-refractivity contribution in [2.45, 2.75) is 59.5 Å². The number of hydrogen-bond donors (Lipinski definition) is 2. The van der Waals surface area contributed by atoms with Crippen LogP contribution in [0.2, 0.25) is 0 Å². The van der Waals surface area contributed by atoms with E-state index in [1.54, 1.807) is 0 Å². The molecule has 1 unspecified atom stereocenters. The fourth-order valence-electron chi connectivity index (χ4n) is 1.79. The first-order chi connectivity index (χ1) is 8.62. The summed E-state index contributed by atoms with van der Waals surface area (Å²) < 4.78 is 5.87. The first kappa shape index (κ1) is 14.7. The molecule has 0 spiro atoms. The van der Waals surface area contributed by atoms with Gasteiger partial charge in [0.2, 0.25) is 5.88 Å². The number of nitrogens with one attached hydrogen (secondary N) is 1. The summed E-state index contributed by atoms with van der Waals surface area (Å²) in [5, 5.41) is 0. The molecule has 3 N–H and O–H groups in total. The number of nitrogens with zero attached hydrogens (tertiary/aromatic N) is 2. The second-order valence-electron chi connectivity index (χ2n) is 4.53. The van der Waals surface area contributed by atoms with Crippen LogP contribution in [0.4, 0.5) is 5.82 Å². The molecule has 0 amide bonds. The fourth-order valence-corrected chi connectivity index (χ4v) is 1.79. The normalized spacial score (nSPS) is 12.3. The van der Waals surface area contributed by atoms with E-state index in [1.807, 2.05) is 6.92 Å². The number of aryl methyl sites for hydroxylation is 1. The van der Waals surface area contributed by atoms with Crippen molar-refractivity contribution in [3.8, 4) is 5.88 Å². The van der Waals surface area contributed by atoms with Crippen LogP contribution in [0.15, 0.2) is 0 Å². The van der Waals surface area contributed by atoms with Gasteiger partial charge >= 0.3 is 0 Å². The predicted molar refractivity (Wildman–Crippen MR) is 73.6 cm³/mol. The molecule has 5 heteroatoms. The highest BCUT2D eigenvalue weighted by molar-refractivity contribution is 5.47. The lowest BCUT2D eigenvalue weighted by Gasteiger charge is -2.17. The molecule has 0 aliphatic heterocycles. The average Bonchev–Trinajstić information content (AvgIpc) is 2.33. The Kier molecular flexibility index (Phi) is 5.85. The van der Waals surface area contributed by atoms with E-state index in [0.29, 0.717) is 11.7 Å². The number of hydrazine groups is 1. The SMILES string of the molecule is CCCc1nc(NN)c(C)c(OC(C)CCC)n1. The summed E-state index contributed by atoms with van der Waals surface area (Å²) in [5.41, 5.74) is 3.47. The second-order valence-corrected chi connectivity index (χ2v) is 4.53. The molecule has 1 aromatic rings. The van der Waals surface area contributed by atoms with E-state index >= 15 is 0 Å². The smallest absolute Gasteiger partial charge is 0.222 e. The number of aromatic nitrogens is 2. The van der Waals surface area contributed by atoms with Crippen molar-refractivity contribution in [2.24, 2.45) is 5.84 Å². The van der Waals surface area contributed by atoms with Gasteiger partial charge in [-0.05, 0) is 26.7 Å². The van der Waals surface area contributed by atoms with E-state index < -0.39 is 0 Å². The van der Waals surface area contributed by atoms with Gasteiger partial charge in [0.1, 0.15) is 11.6 Å². The molecule has 1 aromatic heterocycles. The predicted octanol–water partition coefficient (Wildman–Crippen LogP) is 2.59. The topological polar surface area (TPSA) is 73.1 Å². The van der Waals surface area contributed by atoms with Crippen LogP contribution in [0.5, 0.6) is 5.88 Å². The molecule has 0 radical (unpaired) electrons. The van der Waals surface area contributed by atoms with Crippen LogP contribution in [0.25, 0.3) is 0 Å². The van der Waals surface area contributed by atoms with Gasteiger partial charge < -0.3 is 10.2 Å². The van der Waals surface area contributed by atoms with Gasteiger partial charge in [-0.3, -0.25) is 0 Å². The minimum atomic E-state index is 0.156. The van der Waals surface area contributed by atoms with Crippen LogP contribution in [-0.2, 0) is 6.42 Å². The van der Waals surface area contributed by atoms with E-state index in [2.05, 4.69) is 36.2 Å². The number of nitrogens with two attached hydrogens (primary N) is 1. The number of nitrogen functional groups attached to an aromatic ring is 1. The van der Waals surface area contributed by atoms with Crippen LogP contribution in [0, 0.1) is 6.92 Å². The average molecular weight is 252 g/mol. The third kappa shape index (κ3) is 3.84. The number of hydrogen-bond acceptors (Lipinski definition) is 5. The molecule has 0 saturated heterocycles. The van der Waals surface area contributed by atoms with Crippen molar-refractivity contribution in [3.05, 3.63) is 11.4 Å². The van der Waals surface area contributed by atoms with Gasteiger partial charge in [-0.2, -0.15) is 4.98 Å². The molecule has 0 saturated carbocycles. The summed E-state index contributed by atoms with van der Waals surface area (Å²) in [4.78, 5) is 8.83. The van der Waals surface area contributed by atoms with E-state index in [0.717, 1.165) is 37.1 Å². The molecule has 1 heterocycles. The van der Waals surface area contributed by atoms with E-state index in [4.69, 9.17) is 10.6 Å². The van der Waals surface area contributed by atoms with Gasteiger partial charge in [-0.15, -0.1) is 0 Å². The zero-order valence-corrected chi connectivity index (χ0v) is 11.8. The molecule has 0 aliphatic carbocycles. The van der Waals surface area contributed by atoms with Gasteiger partial charge in [0.25, 0.3) is 0 Å². The van der Waals surface area contributed by atoms with Crippen molar-refractivity contribution in [1.29, 1.82) is 0 Å². The summed E-state index contributed by atoms with van der Waals surface area (Å²) in [6, 6.07) is 0. The first-order valence-corrected chi connectivity index (χ1v) is 6.63. The quantitative estimate of drug-likeness (QED) is 0.576. The Hall–Kier alpha value is -1.36. The highest BCUT2D eigenvalue weighted by atomic mass is 16.5. The van der Waals surface area contributed by atoms with Crippen molar-refractivity contribution >= 4 is 5.82 Å². The van der Waals surface area contributed by atoms with Gasteiger partial charge in [-0.1, -0.05) is 20.3 Å². The maximum atomic E-state index is 5.87. The maximum absolute atomic E-state index is 5.87. The van der Waals surface area contributed by atoms with Gasteiger partial charge in [-0.25, -0.2) is 10.8 Å². The summed E-state index contributed by atoms with van der Waals surface area (Å²) in [5.74, 6) is 7.54. The molecule has 102 valence electrons. The lowest BCUT2D eigenvalue weighted by molar-refractivity contribution is 0.199. The zero-order chi connectivity index (χ0) is 13.5. The molecule has 0 aromatic carbocycles. The van der Waals surface area contributed by atoms with Crippen molar-refractivity contribution < 1.29 is 4.74 Å². The van der Waals surface area contributed by atoms with Gasteiger partial charge in [0.05, 0.1) is 11.7 Å². The van der Waals surface area contributed by atoms with Crippen molar-refractivity contribution in [1.82, 2.24) is 9.97 Å². The van der Waals surface area contributed by atoms with Crippen molar-refractivity contribution in [2.75, 3.05) is 5.43 Å². The fraction of sp³-hybridized carbons (Fsp3) is 0.692. The largest absolute Gasteiger partial charge is 0.474 e. The van der Waals surface area contributed by atoms with Crippen molar-refractivity contribution in [3.63, 3.8) is 0 Å². The zero-order valence-electron chi connectivity index (χ0n) is 11.8. The maximum Gasteiger partial charge on any atom is 0.222 e. The molecule has 1 atom stereocenters. The first-order valence-electron chi connectivity index (χ1n) is 6.63. The van der Waals surface area contributed by atoms with E-state index in [1.165, 1.54) is 0 Å². The third-order valence-electron chi connectivity index (χ3n) is 2.77. The molecule has 5 nitrogen and oxygen atoms in total. The minimum absolute atomic E-state index is 0.156. The number of anilines is 1. The molecular weight excluding hydrogens is 228 g/mol. The monoisotopic (exact) mass is 252 g/mol. The Morgan fingerprint density at radius 3 is 2.56 bits per heavy atom. The number of ether oxygens (including phenoxy) is 1. The Balaban J connectivity index is 2.96. The molecular formula is C13H24N4O. The number of rotatable bonds is 7. The lowest BCUT2D eigenvalue weighted by atomic mass is 10.2. The Labute approximate surface area is 109 Å². The van der Waals surface area contributed by atoms with E-state index in [9.17, 15) is 0 Å². The Morgan fingerprint density at radius 1 is 1.28 bits per heavy atom. The summed E-state index contributed by atoms with van der Waals surface area (Å²) in [6.45, 7) is 8.21. The van der Waals surface area contributed by atoms with Crippen LogP contribution in [0.1, 0.15) is 51.4 Å². The van der Waals surface area contributed by atoms with Gasteiger partial charge in [0.15, 0.2) is 0 Å². The molecule has 0 aliphatic rings. The standard InChI is InChI=1S/C13H24N4O/c1-5-7-9(3)18-13-10(4)12(17-14)15-11(16-13)8-6-2/h9H,5-8,14H2,1-4H3,(H,15,16,17). The van der Waals surface area contributed by atoms with Crippen LogP contribution in [0.3, 0.4) is 0 Å². The highest BCUT2D eigenvalue weighted by Gasteiger charge is 2.13. The molecule has 0 fully saturated rings. The summed E-state index contributed by atoms with van der Waals surface area (Å²) >= 11 is 0. The molecule has 1 rings (SSSR count).